The minimum absolute atomic E-state index is 0.0104. The van der Waals surface area contributed by atoms with Gasteiger partial charge in [-0.1, -0.05) is 0 Å². The minimum atomic E-state index is -2.44. The molecular formula is C8H14F2N2. The van der Waals surface area contributed by atoms with Crippen molar-refractivity contribution in [2.45, 2.75) is 18.4 Å². The van der Waals surface area contributed by atoms with Crippen LogP contribution in [-0.2, 0) is 0 Å². The summed E-state index contributed by atoms with van der Waals surface area (Å²) in [5.74, 6) is -2.93. The number of halogens is 2. The van der Waals surface area contributed by atoms with Crippen molar-refractivity contribution in [1.29, 1.82) is 0 Å². The molecule has 70 valence electrons. The number of hydrogen-bond donors (Lipinski definition) is 1. The maximum atomic E-state index is 13.3. The Kier molecular flexibility index (Phi) is 1.84. The van der Waals surface area contributed by atoms with Crippen LogP contribution in [-0.4, -0.2) is 43.5 Å². The van der Waals surface area contributed by atoms with Gasteiger partial charge in [0, 0.05) is 38.0 Å². The van der Waals surface area contributed by atoms with E-state index in [-0.39, 0.29) is 12.5 Å². The number of piperidine rings is 1. The fourth-order valence-corrected chi connectivity index (χ4v) is 2.18. The fraction of sp³-hybridized carbons (Fsp3) is 1.00. The molecule has 0 aromatic rings. The van der Waals surface area contributed by atoms with E-state index in [0.29, 0.717) is 13.1 Å². The van der Waals surface area contributed by atoms with E-state index in [0.717, 1.165) is 6.54 Å². The van der Waals surface area contributed by atoms with Gasteiger partial charge in [0.15, 0.2) is 0 Å². The molecule has 3 heterocycles. The highest BCUT2D eigenvalue weighted by Gasteiger charge is 2.47. The topological polar surface area (TPSA) is 15.3 Å². The molecule has 2 bridgehead atoms. The van der Waals surface area contributed by atoms with Crippen LogP contribution in [0.2, 0.25) is 0 Å². The zero-order valence-electron chi connectivity index (χ0n) is 7.19. The molecular weight excluding hydrogens is 162 g/mol. The average molecular weight is 176 g/mol. The number of alkyl halides is 2. The van der Waals surface area contributed by atoms with Crippen molar-refractivity contribution in [2.75, 3.05) is 26.7 Å². The summed E-state index contributed by atoms with van der Waals surface area (Å²) in [6.45, 7) is 1.75. The van der Waals surface area contributed by atoms with Crippen LogP contribution in [0.1, 0.15) is 6.42 Å². The van der Waals surface area contributed by atoms with Gasteiger partial charge in [-0.05, 0) is 7.05 Å². The smallest absolute Gasteiger partial charge is 0.254 e. The van der Waals surface area contributed by atoms with Crippen molar-refractivity contribution in [1.82, 2.24) is 10.2 Å². The SMILES string of the molecule is CN1CC2CC(F)(F)C(CN2)C1. The Morgan fingerprint density at radius 2 is 2.17 bits per heavy atom. The normalized spacial score (nSPS) is 41.2. The zero-order valence-corrected chi connectivity index (χ0v) is 7.19. The third-order valence-corrected chi connectivity index (χ3v) is 2.83. The van der Waals surface area contributed by atoms with Gasteiger partial charge in [0.05, 0.1) is 0 Å². The lowest BCUT2D eigenvalue weighted by atomic mass is 9.93. The molecule has 2 unspecified atom stereocenters. The molecule has 0 aliphatic carbocycles. The van der Waals surface area contributed by atoms with Crippen molar-refractivity contribution in [3.63, 3.8) is 0 Å². The Morgan fingerprint density at radius 3 is 2.83 bits per heavy atom. The van der Waals surface area contributed by atoms with Crippen LogP contribution in [0.5, 0.6) is 0 Å². The Morgan fingerprint density at radius 1 is 1.42 bits per heavy atom. The average Bonchev–Trinajstić information content (AvgIpc) is 2.14. The Balaban J connectivity index is 2.18. The molecule has 3 rings (SSSR count). The molecule has 3 saturated heterocycles. The van der Waals surface area contributed by atoms with E-state index in [9.17, 15) is 8.78 Å². The molecule has 0 spiro atoms. The molecule has 3 aliphatic heterocycles. The summed E-state index contributed by atoms with van der Waals surface area (Å²) in [6.07, 6.45) is 0.0159. The summed E-state index contributed by atoms with van der Waals surface area (Å²) in [5, 5.41) is 3.15. The van der Waals surface area contributed by atoms with Gasteiger partial charge in [-0.25, -0.2) is 8.78 Å². The summed E-state index contributed by atoms with van der Waals surface area (Å²) in [6, 6.07) is -0.0104. The summed E-state index contributed by atoms with van der Waals surface area (Å²) >= 11 is 0. The maximum Gasteiger partial charge on any atom is 0.254 e. The molecule has 0 aromatic heterocycles. The predicted octanol–water partition coefficient (Wildman–Crippen LogP) is 0.545. The second-order valence-electron chi connectivity index (χ2n) is 3.99. The summed E-state index contributed by atoms with van der Waals surface area (Å²) in [4.78, 5) is 2.00. The minimum Gasteiger partial charge on any atom is -0.312 e. The molecule has 0 radical (unpaired) electrons. The van der Waals surface area contributed by atoms with Gasteiger partial charge in [-0.2, -0.15) is 0 Å². The Bertz CT molecular complexity index is 184. The first-order chi connectivity index (χ1) is 5.58. The van der Waals surface area contributed by atoms with Crippen LogP contribution < -0.4 is 5.32 Å². The van der Waals surface area contributed by atoms with E-state index >= 15 is 0 Å². The first-order valence-electron chi connectivity index (χ1n) is 4.38. The highest BCUT2D eigenvalue weighted by molar-refractivity contribution is 4.95. The molecule has 3 aliphatic rings. The van der Waals surface area contributed by atoms with Gasteiger partial charge in [0.25, 0.3) is 5.92 Å². The molecule has 0 aromatic carbocycles. The second-order valence-corrected chi connectivity index (χ2v) is 3.99. The Hall–Kier alpha value is -0.220. The first kappa shape index (κ1) is 8.38. The molecule has 3 fully saturated rings. The van der Waals surface area contributed by atoms with Crippen LogP contribution >= 0.6 is 0 Å². The molecule has 0 amide bonds. The van der Waals surface area contributed by atoms with Crippen LogP contribution in [0.3, 0.4) is 0 Å². The van der Waals surface area contributed by atoms with Crippen molar-refractivity contribution in [2.24, 2.45) is 5.92 Å². The summed E-state index contributed by atoms with van der Waals surface area (Å²) < 4.78 is 26.5. The quantitative estimate of drug-likeness (QED) is 0.579. The summed E-state index contributed by atoms with van der Waals surface area (Å²) in [7, 11) is 1.91. The van der Waals surface area contributed by atoms with Gasteiger partial charge < -0.3 is 10.2 Å². The monoisotopic (exact) mass is 176 g/mol. The molecule has 2 atom stereocenters. The number of hydrogen-bond acceptors (Lipinski definition) is 2. The van der Waals surface area contributed by atoms with Crippen molar-refractivity contribution >= 4 is 0 Å². The van der Waals surface area contributed by atoms with Gasteiger partial charge >= 0.3 is 0 Å². The molecule has 12 heavy (non-hydrogen) atoms. The first-order valence-corrected chi connectivity index (χ1v) is 4.38. The van der Waals surface area contributed by atoms with Crippen LogP contribution in [0.15, 0.2) is 0 Å². The molecule has 1 N–H and O–H groups in total. The molecule has 0 saturated carbocycles. The van der Waals surface area contributed by atoms with Crippen LogP contribution in [0, 0.1) is 5.92 Å². The van der Waals surface area contributed by atoms with Crippen LogP contribution in [0.25, 0.3) is 0 Å². The number of likely N-dealkylation sites (N-methyl/N-ethyl adjacent to an activating group) is 1. The van der Waals surface area contributed by atoms with Crippen molar-refractivity contribution < 1.29 is 8.78 Å². The fourth-order valence-electron chi connectivity index (χ4n) is 2.18. The van der Waals surface area contributed by atoms with Gasteiger partial charge in [0.1, 0.15) is 0 Å². The van der Waals surface area contributed by atoms with Gasteiger partial charge in [0.2, 0.25) is 0 Å². The lowest BCUT2D eigenvalue weighted by Gasteiger charge is -2.32. The van der Waals surface area contributed by atoms with E-state index in [1.54, 1.807) is 0 Å². The largest absolute Gasteiger partial charge is 0.312 e. The zero-order chi connectivity index (χ0) is 8.77. The van der Waals surface area contributed by atoms with Crippen LogP contribution in [0.4, 0.5) is 8.78 Å². The lowest BCUT2D eigenvalue weighted by molar-refractivity contribution is -0.0807. The van der Waals surface area contributed by atoms with E-state index in [1.165, 1.54) is 0 Å². The highest BCUT2D eigenvalue weighted by atomic mass is 19.3. The Labute approximate surface area is 70.9 Å². The van der Waals surface area contributed by atoms with E-state index in [2.05, 4.69) is 5.32 Å². The predicted molar refractivity (Wildman–Crippen MR) is 42.3 cm³/mol. The third-order valence-electron chi connectivity index (χ3n) is 2.83. The van der Waals surface area contributed by atoms with E-state index in [4.69, 9.17) is 0 Å². The van der Waals surface area contributed by atoms with E-state index < -0.39 is 11.8 Å². The van der Waals surface area contributed by atoms with Crippen molar-refractivity contribution in [3.05, 3.63) is 0 Å². The summed E-state index contributed by atoms with van der Waals surface area (Å²) in [5.41, 5.74) is 0. The standard InChI is InChI=1S/C8H14F2N2/c1-12-4-6-3-11-7(5-12)2-8(6,9)10/h6-7,11H,2-5H2,1H3. The second kappa shape index (κ2) is 2.64. The van der Waals surface area contributed by atoms with E-state index in [1.807, 2.05) is 11.9 Å². The van der Waals surface area contributed by atoms with Gasteiger partial charge in [-0.15, -0.1) is 0 Å². The van der Waals surface area contributed by atoms with Crippen molar-refractivity contribution in [3.8, 4) is 0 Å². The molecule has 2 nitrogen and oxygen atoms in total. The number of nitrogens with zero attached hydrogens (tertiary/aromatic N) is 1. The van der Waals surface area contributed by atoms with Gasteiger partial charge in [-0.3, -0.25) is 0 Å². The lowest BCUT2D eigenvalue weighted by Crippen LogP contribution is -2.49. The molecule has 4 heteroatoms. The number of fused-ring (bicyclic) bond motifs is 4. The third kappa shape index (κ3) is 1.33. The maximum absolute atomic E-state index is 13.3. The highest BCUT2D eigenvalue weighted by Crippen LogP contribution is 2.35. The number of rotatable bonds is 0. The number of nitrogens with one attached hydrogen (secondary N) is 1.